The predicted molar refractivity (Wildman–Crippen MR) is 91.9 cm³/mol. The van der Waals surface area contributed by atoms with Gasteiger partial charge in [0.15, 0.2) is 0 Å². The molecular formula is C19H20N2O3. The van der Waals surface area contributed by atoms with Crippen LogP contribution in [0.25, 0.3) is 0 Å². The van der Waals surface area contributed by atoms with Crippen LogP contribution in [-0.2, 0) is 19.4 Å². The normalized spacial score (nSPS) is 14.4. The van der Waals surface area contributed by atoms with Crippen LogP contribution in [0.2, 0.25) is 0 Å². The van der Waals surface area contributed by atoms with E-state index in [1.807, 2.05) is 37.3 Å². The Kier molecular flexibility index (Phi) is 3.76. The molecule has 0 saturated heterocycles. The number of nitrogens with one attached hydrogen (secondary N) is 2. The molecule has 0 aliphatic carbocycles. The number of rotatable bonds is 3. The van der Waals surface area contributed by atoms with Crippen LogP contribution in [-0.4, -0.2) is 19.2 Å². The van der Waals surface area contributed by atoms with Gasteiger partial charge in [-0.25, -0.2) is 4.79 Å². The molecule has 2 aromatic carbocycles. The number of hydrogen-bond acceptors (Lipinski definition) is 3. The molecule has 2 heterocycles. The lowest BCUT2D eigenvalue weighted by molar-refractivity contribution is 0.251. The highest BCUT2D eigenvalue weighted by molar-refractivity contribution is 5.93. The molecule has 0 unspecified atom stereocenters. The van der Waals surface area contributed by atoms with E-state index >= 15 is 0 Å². The van der Waals surface area contributed by atoms with Gasteiger partial charge in [0, 0.05) is 30.5 Å². The van der Waals surface area contributed by atoms with E-state index in [0.717, 1.165) is 52.3 Å². The van der Waals surface area contributed by atoms with Crippen molar-refractivity contribution in [3.63, 3.8) is 0 Å². The van der Waals surface area contributed by atoms with Crippen LogP contribution in [0.15, 0.2) is 30.3 Å². The van der Waals surface area contributed by atoms with Crippen molar-refractivity contribution in [2.75, 3.05) is 18.5 Å². The summed E-state index contributed by atoms with van der Waals surface area (Å²) in [6, 6.07) is 9.84. The minimum atomic E-state index is -0.226. The largest absolute Gasteiger partial charge is 0.493 e. The summed E-state index contributed by atoms with van der Waals surface area (Å²) in [5.74, 6) is 1.67. The van der Waals surface area contributed by atoms with Crippen molar-refractivity contribution in [2.45, 2.75) is 26.3 Å². The molecule has 4 rings (SSSR count). The van der Waals surface area contributed by atoms with Crippen molar-refractivity contribution < 1.29 is 14.3 Å². The van der Waals surface area contributed by atoms with Crippen molar-refractivity contribution in [1.29, 1.82) is 0 Å². The number of amides is 2. The van der Waals surface area contributed by atoms with Gasteiger partial charge in [0.2, 0.25) is 0 Å². The summed E-state index contributed by atoms with van der Waals surface area (Å²) in [4.78, 5) is 12.4. The number of hydrogen-bond donors (Lipinski definition) is 2. The molecule has 0 spiro atoms. The molecule has 5 nitrogen and oxygen atoms in total. The molecule has 2 aliphatic rings. The maximum absolute atomic E-state index is 12.4. The highest BCUT2D eigenvalue weighted by Crippen LogP contribution is 2.44. The number of anilines is 1. The zero-order chi connectivity index (χ0) is 16.5. The average Bonchev–Trinajstić information content (AvgIpc) is 3.22. The first kappa shape index (κ1) is 14.9. The summed E-state index contributed by atoms with van der Waals surface area (Å²) in [6.45, 7) is 3.83. The molecule has 124 valence electrons. The molecule has 5 heteroatoms. The van der Waals surface area contributed by atoms with E-state index in [2.05, 4.69) is 10.6 Å². The van der Waals surface area contributed by atoms with Gasteiger partial charge in [-0.15, -0.1) is 0 Å². The Bertz CT molecular complexity index is 769. The average molecular weight is 324 g/mol. The summed E-state index contributed by atoms with van der Waals surface area (Å²) in [6.07, 6.45) is 1.64. The van der Waals surface area contributed by atoms with Crippen LogP contribution in [0.3, 0.4) is 0 Å². The third-order valence-electron chi connectivity index (χ3n) is 4.59. The zero-order valence-corrected chi connectivity index (χ0v) is 13.6. The molecule has 0 aromatic heterocycles. The van der Waals surface area contributed by atoms with Gasteiger partial charge < -0.3 is 20.1 Å². The van der Waals surface area contributed by atoms with Gasteiger partial charge in [-0.1, -0.05) is 24.3 Å². The number of carbonyl (C=O) groups excluding carboxylic acids is 1. The molecule has 2 aromatic rings. The first-order valence-electron chi connectivity index (χ1n) is 8.26. The predicted octanol–water partition coefficient (Wildman–Crippen LogP) is 3.19. The van der Waals surface area contributed by atoms with E-state index in [1.165, 1.54) is 0 Å². The van der Waals surface area contributed by atoms with Crippen molar-refractivity contribution in [3.05, 3.63) is 52.6 Å². The molecule has 24 heavy (non-hydrogen) atoms. The molecule has 2 amide bonds. The van der Waals surface area contributed by atoms with E-state index in [9.17, 15) is 4.79 Å². The van der Waals surface area contributed by atoms with Crippen LogP contribution in [0.4, 0.5) is 10.5 Å². The van der Waals surface area contributed by atoms with Gasteiger partial charge in [-0.05, 0) is 24.1 Å². The number of aryl methyl sites for hydroxylation is 1. The molecular weight excluding hydrogens is 304 g/mol. The summed E-state index contributed by atoms with van der Waals surface area (Å²) >= 11 is 0. The minimum absolute atomic E-state index is 0.226. The monoisotopic (exact) mass is 324 g/mol. The number of benzene rings is 2. The number of fused-ring (bicyclic) bond motifs is 2. The van der Waals surface area contributed by atoms with Gasteiger partial charge in [0.1, 0.15) is 11.5 Å². The summed E-state index contributed by atoms with van der Waals surface area (Å²) in [5, 5.41) is 5.90. The Morgan fingerprint density at radius 3 is 2.88 bits per heavy atom. The molecule has 0 bridgehead atoms. The number of ether oxygens (including phenoxy) is 2. The SMILES string of the molecule is Cc1ccccc1CNC(=O)Nc1c2c(cc3c1OCC3)OCC2. The molecule has 0 fully saturated rings. The standard InChI is InChI=1S/C19H20N2O3/c1-12-4-2-3-5-14(12)11-20-19(22)21-17-15-7-9-23-16(15)10-13-6-8-24-18(13)17/h2-5,10H,6-9,11H2,1H3,(H2,20,21,22). The fourth-order valence-corrected chi connectivity index (χ4v) is 3.26. The fourth-order valence-electron chi connectivity index (χ4n) is 3.26. The smallest absolute Gasteiger partial charge is 0.319 e. The first-order valence-corrected chi connectivity index (χ1v) is 8.26. The van der Waals surface area contributed by atoms with Crippen LogP contribution in [0.5, 0.6) is 11.5 Å². The Morgan fingerprint density at radius 1 is 1.17 bits per heavy atom. The van der Waals surface area contributed by atoms with Crippen molar-refractivity contribution in [2.24, 2.45) is 0 Å². The summed E-state index contributed by atoms with van der Waals surface area (Å²) < 4.78 is 11.4. The van der Waals surface area contributed by atoms with E-state index in [-0.39, 0.29) is 6.03 Å². The first-order chi connectivity index (χ1) is 11.7. The third-order valence-corrected chi connectivity index (χ3v) is 4.59. The molecule has 0 atom stereocenters. The molecule has 2 N–H and O–H groups in total. The Balaban J connectivity index is 1.51. The van der Waals surface area contributed by atoms with E-state index < -0.39 is 0 Å². The lowest BCUT2D eigenvalue weighted by Gasteiger charge is -2.15. The molecule has 2 aliphatic heterocycles. The van der Waals surface area contributed by atoms with Crippen LogP contribution in [0.1, 0.15) is 22.3 Å². The lowest BCUT2D eigenvalue weighted by atomic mass is 10.0. The maximum Gasteiger partial charge on any atom is 0.319 e. The lowest BCUT2D eigenvalue weighted by Crippen LogP contribution is -2.29. The highest BCUT2D eigenvalue weighted by atomic mass is 16.5. The van der Waals surface area contributed by atoms with E-state index in [1.54, 1.807) is 0 Å². The minimum Gasteiger partial charge on any atom is -0.493 e. The van der Waals surface area contributed by atoms with Crippen LogP contribution < -0.4 is 20.1 Å². The summed E-state index contributed by atoms with van der Waals surface area (Å²) in [7, 11) is 0. The van der Waals surface area contributed by atoms with Crippen molar-refractivity contribution in [3.8, 4) is 11.5 Å². The van der Waals surface area contributed by atoms with Gasteiger partial charge >= 0.3 is 6.03 Å². The van der Waals surface area contributed by atoms with Gasteiger partial charge in [0.05, 0.1) is 18.9 Å². The van der Waals surface area contributed by atoms with Crippen molar-refractivity contribution >= 4 is 11.7 Å². The van der Waals surface area contributed by atoms with Crippen molar-refractivity contribution in [1.82, 2.24) is 5.32 Å². The highest BCUT2D eigenvalue weighted by Gasteiger charge is 2.27. The van der Waals surface area contributed by atoms with Gasteiger partial charge in [-0.3, -0.25) is 0 Å². The van der Waals surface area contributed by atoms with E-state index in [4.69, 9.17) is 9.47 Å². The Labute approximate surface area is 141 Å². The number of urea groups is 1. The quantitative estimate of drug-likeness (QED) is 0.911. The Morgan fingerprint density at radius 2 is 2.00 bits per heavy atom. The topological polar surface area (TPSA) is 59.6 Å². The Hall–Kier alpha value is -2.69. The van der Waals surface area contributed by atoms with E-state index in [0.29, 0.717) is 19.8 Å². The second-order valence-electron chi connectivity index (χ2n) is 6.15. The van der Waals surface area contributed by atoms with Gasteiger partial charge in [-0.2, -0.15) is 0 Å². The zero-order valence-electron chi connectivity index (χ0n) is 13.6. The molecule has 0 radical (unpaired) electrons. The van der Waals surface area contributed by atoms with Gasteiger partial charge in [0.25, 0.3) is 0 Å². The van der Waals surface area contributed by atoms with Crippen LogP contribution in [0, 0.1) is 6.92 Å². The number of carbonyl (C=O) groups is 1. The van der Waals surface area contributed by atoms with Crippen LogP contribution >= 0.6 is 0 Å². The second kappa shape index (κ2) is 6.07. The maximum atomic E-state index is 12.4. The third kappa shape index (κ3) is 2.66. The molecule has 0 saturated carbocycles. The summed E-state index contributed by atoms with van der Waals surface area (Å²) in [5.41, 5.74) is 5.16. The fraction of sp³-hybridized carbons (Fsp3) is 0.316. The second-order valence-corrected chi connectivity index (χ2v) is 6.15.